The van der Waals surface area contributed by atoms with Gasteiger partial charge in [0.15, 0.2) is 5.13 Å². The fourth-order valence-electron chi connectivity index (χ4n) is 2.92. The number of carboxylic acids is 1. The van der Waals surface area contributed by atoms with E-state index in [0.717, 1.165) is 11.3 Å². The first-order valence-electron chi connectivity index (χ1n) is 11.1. The quantitative estimate of drug-likeness (QED) is 0.231. The number of carbonyl (C=O) groups excluding carboxylic acids is 4. The number of hydrogen-bond donors (Lipinski definition) is 5. The van der Waals surface area contributed by atoms with Gasteiger partial charge in [0, 0.05) is 24.8 Å². The molecule has 3 aromatic rings. The average Bonchev–Trinajstić information content (AvgIpc) is 3.41. The third kappa shape index (κ3) is 8.34. The lowest BCUT2D eigenvalue weighted by Crippen LogP contribution is -2.50. The molecule has 14 nitrogen and oxygen atoms in total. The molecular formula is C23H24N8O6S. The molecule has 0 aliphatic rings. The molecule has 0 fully saturated rings. The Labute approximate surface area is 220 Å². The molecule has 3 heterocycles. The largest absolute Gasteiger partial charge is 0.481 e. The molecular weight excluding hydrogens is 516 g/mol. The third-order valence-corrected chi connectivity index (χ3v) is 5.74. The van der Waals surface area contributed by atoms with Gasteiger partial charge in [-0.1, -0.05) is 12.1 Å². The Morgan fingerprint density at radius 1 is 1.03 bits per heavy atom. The SMILES string of the molecule is CN(C(=O)Nc1ccccn1)c1nc(C(=O)NCC(=O)N[C@@H](CC(=O)O)C(=O)NCc2ccccn2)cs1. The van der Waals surface area contributed by atoms with Gasteiger partial charge in [0.25, 0.3) is 5.91 Å². The Hall–Kier alpha value is -4.92. The second kappa shape index (κ2) is 13.4. The summed E-state index contributed by atoms with van der Waals surface area (Å²) in [5.74, 6) is -3.14. The number of nitrogens with zero attached hydrogens (tertiary/aromatic N) is 4. The summed E-state index contributed by atoms with van der Waals surface area (Å²) in [4.78, 5) is 74.1. The molecule has 0 aromatic carbocycles. The summed E-state index contributed by atoms with van der Waals surface area (Å²) in [6, 6.07) is 8.26. The van der Waals surface area contributed by atoms with Crippen LogP contribution in [0.3, 0.4) is 0 Å². The van der Waals surface area contributed by atoms with E-state index < -0.39 is 48.7 Å². The first kappa shape index (κ1) is 27.7. The van der Waals surface area contributed by atoms with Crippen LogP contribution in [0.2, 0.25) is 0 Å². The Bertz CT molecular complexity index is 1290. The molecule has 0 saturated heterocycles. The second-order valence-electron chi connectivity index (χ2n) is 7.66. The molecule has 5 N–H and O–H groups in total. The minimum atomic E-state index is -1.36. The van der Waals surface area contributed by atoms with Crippen LogP contribution in [0.5, 0.6) is 0 Å². The van der Waals surface area contributed by atoms with E-state index in [1.54, 1.807) is 42.6 Å². The Balaban J connectivity index is 1.50. The average molecular weight is 541 g/mol. The smallest absolute Gasteiger partial charge is 0.329 e. The Morgan fingerprint density at radius 2 is 1.76 bits per heavy atom. The first-order valence-corrected chi connectivity index (χ1v) is 12.0. The molecule has 3 aromatic heterocycles. The number of urea groups is 1. The Kier molecular flexibility index (Phi) is 9.76. The van der Waals surface area contributed by atoms with Crippen molar-refractivity contribution in [1.29, 1.82) is 0 Å². The van der Waals surface area contributed by atoms with Crippen LogP contribution in [0.4, 0.5) is 15.7 Å². The van der Waals surface area contributed by atoms with Crippen LogP contribution < -0.4 is 26.2 Å². The van der Waals surface area contributed by atoms with Gasteiger partial charge in [-0.25, -0.2) is 14.8 Å². The van der Waals surface area contributed by atoms with Crippen LogP contribution in [-0.4, -0.2) is 69.4 Å². The number of anilines is 2. The van der Waals surface area contributed by atoms with E-state index in [0.29, 0.717) is 11.5 Å². The van der Waals surface area contributed by atoms with E-state index in [-0.39, 0.29) is 17.4 Å². The maximum Gasteiger partial charge on any atom is 0.329 e. The van der Waals surface area contributed by atoms with Gasteiger partial charge in [0.05, 0.1) is 25.2 Å². The predicted octanol–water partition coefficient (Wildman–Crippen LogP) is 0.607. The third-order valence-electron chi connectivity index (χ3n) is 4.83. The van der Waals surface area contributed by atoms with Gasteiger partial charge in [0.2, 0.25) is 11.8 Å². The van der Waals surface area contributed by atoms with Crippen molar-refractivity contribution in [3.05, 3.63) is 65.6 Å². The van der Waals surface area contributed by atoms with Crippen molar-refractivity contribution in [2.75, 3.05) is 23.8 Å². The molecule has 198 valence electrons. The van der Waals surface area contributed by atoms with Gasteiger partial charge in [-0.2, -0.15) is 0 Å². The molecule has 0 bridgehead atoms. The highest BCUT2D eigenvalue weighted by Crippen LogP contribution is 2.20. The Morgan fingerprint density at radius 3 is 2.42 bits per heavy atom. The summed E-state index contributed by atoms with van der Waals surface area (Å²) in [5.41, 5.74) is 0.515. The van der Waals surface area contributed by atoms with E-state index in [2.05, 4.69) is 36.2 Å². The number of aliphatic carboxylic acids is 1. The van der Waals surface area contributed by atoms with Gasteiger partial charge in [-0.05, 0) is 24.3 Å². The molecule has 0 unspecified atom stereocenters. The maximum absolute atomic E-state index is 12.4. The van der Waals surface area contributed by atoms with Crippen molar-refractivity contribution in [2.24, 2.45) is 0 Å². The fourth-order valence-corrected chi connectivity index (χ4v) is 3.69. The monoisotopic (exact) mass is 540 g/mol. The summed E-state index contributed by atoms with van der Waals surface area (Å²) in [6.07, 6.45) is 2.41. The van der Waals surface area contributed by atoms with Crippen molar-refractivity contribution < 1.29 is 29.1 Å². The minimum absolute atomic E-state index is 0.0366. The predicted molar refractivity (Wildman–Crippen MR) is 136 cm³/mol. The highest BCUT2D eigenvalue weighted by Gasteiger charge is 2.24. The molecule has 1 atom stereocenters. The van der Waals surface area contributed by atoms with Crippen molar-refractivity contribution in [2.45, 2.75) is 19.0 Å². The first-order chi connectivity index (χ1) is 18.2. The number of hydrogen-bond acceptors (Lipinski definition) is 9. The van der Waals surface area contributed by atoms with Gasteiger partial charge < -0.3 is 21.1 Å². The number of carbonyl (C=O) groups is 5. The standard InChI is InChI=1S/C23H24N8O6S/c1-31(22(37)30-17-7-3-5-9-25-17)23-29-16(13-38-23)21(36)27-12-18(32)28-15(10-19(33)34)20(35)26-11-14-6-2-4-8-24-14/h2-9,13,15H,10-12H2,1H3,(H,26,35)(H,27,36)(H,28,32)(H,33,34)(H,25,30,37)/t15-/m0/s1. The maximum atomic E-state index is 12.4. The lowest BCUT2D eigenvalue weighted by Gasteiger charge is -2.17. The van der Waals surface area contributed by atoms with Gasteiger partial charge in [-0.3, -0.25) is 34.4 Å². The zero-order valence-corrected chi connectivity index (χ0v) is 20.9. The van der Waals surface area contributed by atoms with Crippen LogP contribution in [-0.2, 0) is 20.9 Å². The number of carboxylic acid groups (broad SMARTS) is 1. The van der Waals surface area contributed by atoms with E-state index in [4.69, 9.17) is 5.11 Å². The number of rotatable bonds is 11. The number of nitrogens with one attached hydrogen (secondary N) is 4. The summed E-state index contributed by atoms with van der Waals surface area (Å²) in [5, 5.41) is 20.5. The van der Waals surface area contributed by atoms with Gasteiger partial charge in [-0.15, -0.1) is 11.3 Å². The van der Waals surface area contributed by atoms with E-state index in [1.165, 1.54) is 23.5 Å². The molecule has 0 aliphatic heterocycles. The van der Waals surface area contributed by atoms with E-state index in [1.807, 2.05) is 0 Å². The zero-order chi connectivity index (χ0) is 27.5. The van der Waals surface area contributed by atoms with Gasteiger partial charge in [0.1, 0.15) is 17.6 Å². The zero-order valence-electron chi connectivity index (χ0n) is 20.1. The molecule has 15 heteroatoms. The number of aromatic nitrogens is 3. The molecule has 0 saturated carbocycles. The van der Waals surface area contributed by atoms with Crippen molar-refractivity contribution in [3.8, 4) is 0 Å². The molecule has 3 rings (SSSR count). The highest BCUT2D eigenvalue weighted by molar-refractivity contribution is 7.14. The summed E-state index contributed by atoms with van der Waals surface area (Å²) < 4.78 is 0. The van der Waals surface area contributed by atoms with Crippen molar-refractivity contribution in [3.63, 3.8) is 0 Å². The number of pyridine rings is 2. The molecule has 0 spiro atoms. The number of amides is 5. The van der Waals surface area contributed by atoms with Crippen LogP contribution in [0.25, 0.3) is 0 Å². The lowest BCUT2D eigenvalue weighted by molar-refractivity contribution is -0.140. The summed E-state index contributed by atoms with van der Waals surface area (Å²) >= 11 is 1.03. The van der Waals surface area contributed by atoms with E-state index in [9.17, 15) is 24.0 Å². The van der Waals surface area contributed by atoms with Gasteiger partial charge >= 0.3 is 12.0 Å². The van der Waals surface area contributed by atoms with Crippen molar-refractivity contribution >= 4 is 52.0 Å². The molecule has 0 radical (unpaired) electrons. The lowest BCUT2D eigenvalue weighted by atomic mass is 10.2. The summed E-state index contributed by atoms with van der Waals surface area (Å²) in [7, 11) is 1.47. The normalized spacial score (nSPS) is 11.1. The van der Waals surface area contributed by atoms with Crippen LogP contribution in [0, 0.1) is 0 Å². The fraction of sp³-hybridized carbons (Fsp3) is 0.217. The summed E-state index contributed by atoms with van der Waals surface area (Å²) in [6.45, 7) is -0.492. The number of thiazole rings is 1. The highest BCUT2D eigenvalue weighted by atomic mass is 32.1. The van der Waals surface area contributed by atoms with Crippen LogP contribution in [0.1, 0.15) is 22.6 Å². The molecule has 0 aliphatic carbocycles. The van der Waals surface area contributed by atoms with Crippen LogP contribution in [0.15, 0.2) is 54.2 Å². The van der Waals surface area contributed by atoms with Crippen LogP contribution >= 0.6 is 11.3 Å². The topological polar surface area (TPSA) is 196 Å². The molecule has 5 amide bonds. The second-order valence-corrected chi connectivity index (χ2v) is 8.50. The molecule has 38 heavy (non-hydrogen) atoms. The van der Waals surface area contributed by atoms with Crippen molar-refractivity contribution in [1.82, 2.24) is 30.9 Å². The van der Waals surface area contributed by atoms with E-state index >= 15 is 0 Å². The minimum Gasteiger partial charge on any atom is -0.481 e.